The number of aryl methyl sites for hydroxylation is 1. The van der Waals surface area contributed by atoms with Gasteiger partial charge in [-0.05, 0) is 31.6 Å². The van der Waals surface area contributed by atoms with E-state index < -0.39 is 0 Å². The van der Waals surface area contributed by atoms with Crippen molar-refractivity contribution < 1.29 is 14.3 Å². The summed E-state index contributed by atoms with van der Waals surface area (Å²) in [6, 6.07) is 1.80. The van der Waals surface area contributed by atoms with Crippen molar-refractivity contribution >= 4 is 12.0 Å². The van der Waals surface area contributed by atoms with E-state index in [1.165, 1.54) is 6.08 Å². The molecule has 0 N–H and O–H groups in total. The Morgan fingerprint density at radius 3 is 2.86 bits per heavy atom. The van der Waals surface area contributed by atoms with E-state index in [9.17, 15) is 4.79 Å². The highest BCUT2D eigenvalue weighted by Gasteiger charge is 2.08. The highest BCUT2D eigenvalue weighted by atomic mass is 16.5. The van der Waals surface area contributed by atoms with Crippen LogP contribution in [-0.4, -0.2) is 34.2 Å². The van der Waals surface area contributed by atoms with Gasteiger partial charge in [0.05, 0.1) is 19.4 Å². The van der Waals surface area contributed by atoms with Gasteiger partial charge in [0.2, 0.25) is 0 Å². The number of imidazole rings is 1. The Hall–Kier alpha value is -2.63. The van der Waals surface area contributed by atoms with Gasteiger partial charge < -0.3 is 9.47 Å². The molecule has 0 radical (unpaired) electrons. The first-order valence-electron chi connectivity index (χ1n) is 6.54. The fourth-order valence-electron chi connectivity index (χ4n) is 1.78. The molecule has 0 unspecified atom stereocenters. The topological polar surface area (TPSA) is 66.2 Å². The van der Waals surface area contributed by atoms with Crippen LogP contribution >= 0.6 is 0 Å². The molecular weight excluding hydrogens is 270 g/mol. The summed E-state index contributed by atoms with van der Waals surface area (Å²) in [5.74, 6) is 0.857. The second kappa shape index (κ2) is 6.69. The zero-order valence-corrected chi connectivity index (χ0v) is 12.2. The summed E-state index contributed by atoms with van der Waals surface area (Å²) in [7, 11) is 1.57. The molecule has 0 amide bonds. The number of carbonyl (C=O) groups excluding carboxylic acids is 1. The highest BCUT2D eigenvalue weighted by Crippen LogP contribution is 2.22. The van der Waals surface area contributed by atoms with Crippen molar-refractivity contribution in [2.24, 2.45) is 0 Å². The van der Waals surface area contributed by atoms with Gasteiger partial charge in [0.15, 0.2) is 11.6 Å². The van der Waals surface area contributed by atoms with Gasteiger partial charge >= 0.3 is 5.97 Å². The van der Waals surface area contributed by atoms with Crippen LogP contribution in [0.2, 0.25) is 0 Å². The van der Waals surface area contributed by atoms with Crippen molar-refractivity contribution in [3.63, 3.8) is 0 Å². The first-order chi connectivity index (χ1) is 10.1. The third-order valence-corrected chi connectivity index (χ3v) is 2.73. The molecule has 0 bridgehead atoms. The Morgan fingerprint density at radius 2 is 2.24 bits per heavy atom. The molecule has 0 saturated heterocycles. The third-order valence-electron chi connectivity index (χ3n) is 2.73. The Bertz CT molecular complexity index is 662. The maximum atomic E-state index is 11.3. The summed E-state index contributed by atoms with van der Waals surface area (Å²) in [6.07, 6.45) is 8.19. The lowest BCUT2D eigenvalue weighted by atomic mass is 10.2. The van der Waals surface area contributed by atoms with Crippen LogP contribution in [-0.2, 0) is 9.53 Å². The molecule has 2 aromatic rings. The van der Waals surface area contributed by atoms with Gasteiger partial charge in [0, 0.05) is 18.5 Å². The number of rotatable bonds is 5. The van der Waals surface area contributed by atoms with Gasteiger partial charge in [-0.2, -0.15) is 0 Å². The van der Waals surface area contributed by atoms with Crippen LogP contribution < -0.4 is 4.74 Å². The van der Waals surface area contributed by atoms with Crippen LogP contribution in [0.1, 0.15) is 18.2 Å². The number of hydrogen-bond acceptors (Lipinski definition) is 5. The predicted molar refractivity (Wildman–Crippen MR) is 78.3 cm³/mol. The summed E-state index contributed by atoms with van der Waals surface area (Å²) in [5.41, 5.74) is 1.64. The van der Waals surface area contributed by atoms with Crippen molar-refractivity contribution in [1.82, 2.24) is 14.5 Å². The molecule has 0 fully saturated rings. The number of ether oxygens (including phenoxy) is 2. The van der Waals surface area contributed by atoms with Crippen LogP contribution in [0.15, 0.2) is 30.9 Å². The first-order valence-corrected chi connectivity index (χ1v) is 6.54. The van der Waals surface area contributed by atoms with Crippen molar-refractivity contribution in [3.8, 4) is 11.6 Å². The van der Waals surface area contributed by atoms with Gasteiger partial charge in [0.1, 0.15) is 6.33 Å². The summed E-state index contributed by atoms with van der Waals surface area (Å²) in [6.45, 7) is 4.02. The van der Waals surface area contributed by atoms with E-state index in [1.807, 2.05) is 13.1 Å². The monoisotopic (exact) mass is 287 g/mol. The molecule has 110 valence electrons. The quantitative estimate of drug-likeness (QED) is 0.623. The molecule has 6 heteroatoms. The number of pyridine rings is 1. The van der Waals surface area contributed by atoms with E-state index in [-0.39, 0.29) is 5.97 Å². The van der Waals surface area contributed by atoms with E-state index >= 15 is 0 Å². The highest BCUT2D eigenvalue weighted by molar-refractivity contribution is 5.87. The second-order valence-corrected chi connectivity index (χ2v) is 4.30. The third kappa shape index (κ3) is 3.68. The lowest BCUT2D eigenvalue weighted by Gasteiger charge is -2.08. The van der Waals surface area contributed by atoms with Gasteiger partial charge in [-0.1, -0.05) is 0 Å². The van der Waals surface area contributed by atoms with Crippen LogP contribution in [0.4, 0.5) is 0 Å². The largest absolute Gasteiger partial charge is 0.493 e. The molecule has 2 rings (SSSR count). The average molecular weight is 287 g/mol. The molecule has 21 heavy (non-hydrogen) atoms. The van der Waals surface area contributed by atoms with Gasteiger partial charge in [0.25, 0.3) is 0 Å². The lowest BCUT2D eigenvalue weighted by Crippen LogP contribution is -2.00. The maximum absolute atomic E-state index is 11.3. The van der Waals surface area contributed by atoms with Crippen LogP contribution in [0.5, 0.6) is 5.75 Å². The number of aromatic nitrogens is 3. The Morgan fingerprint density at radius 1 is 1.43 bits per heavy atom. The zero-order chi connectivity index (χ0) is 15.2. The fourth-order valence-corrected chi connectivity index (χ4v) is 1.78. The van der Waals surface area contributed by atoms with Crippen LogP contribution in [0, 0.1) is 6.92 Å². The average Bonchev–Trinajstić information content (AvgIpc) is 2.91. The zero-order valence-electron chi connectivity index (χ0n) is 12.2. The molecule has 2 heterocycles. The molecule has 0 aliphatic rings. The number of carbonyl (C=O) groups is 1. The fraction of sp³-hybridized carbons (Fsp3) is 0.267. The lowest BCUT2D eigenvalue weighted by molar-refractivity contribution is -0.137. The number of nitrogens with zero attached hydrogens (tertiary/aromatic N) is 3. The standard InChI is InChI=1S/C15H17N3O3/c1-4-21-14(19)6-5-12-7-13(20-3)15(16-8-12)18-9-11(2)17-10-18/h5-10H,4H2,1-3H3/b6-5+. The van der Waals surface area contributed by atoms with E-state index in [4.69, 9.17) is 9.47 Å². The Kier molecular flexibility index (Phi) is 4.71. The van der Waals surface area contributed by atoms with Crippen molar-refractivity contribution in [3.05, 3.63) is 42.1 Å². The minimum absolute atomic E-state index is 0.351. The summed E-state index contributed by atoms with van der Waals surface area (Å²) in [4.78, 5) is 19.8. The SMILES string of the molecule is CCOC(=O)/C=C/c1cnc(-n2cnc(C)c2)c(OC)c1. The van der Waals surface area contributed by atoms with Crippen molar-refractivity contribution in [1.29, 1.82) is 0 Å². The minimum atomic E-state index is -0.384. The Balaban J connectivity index is 2.26. The van der Waals surface area contributed by atoms with Crippen LogP contribution in [0.3, 0.4) is 0 Å². The van der Waals surface area contributed by atoms with Crippen molar-refractivity contribution in [2.75, 3.05) is 13.7 Å². The molecule has 0 spiro atoms. The minimum Gasteiger partial charge on any atom is -0.493 e. The van der Waals surface area contributed by atoms with E-state index in [2.05, 4.69) is 9.97 Å². The second-order valence-electron chi connectivity index (χ2n) is 4.30. The molecule has 0 saturated carbocycles. The number of methoxy groups -OCH3 is 1. The van der Waals surface area contributed by atoms with Gasteiger partial charge in [-0.15, -0.1) is 0 Å². The van der Waals surface area contributed by atoms with E-state index in [0.717, 1.165) is 11.3 Å². The molecule has 0 aromatic carbocycles. The van der Waals surface area contributed by atoms with Gasteiger partial charge in [-0.25, -0.2) is 14.8 Å². The molecule has 2 aromatic heterocycles. The van der Waals surface area contributed by atoms with E-state index in [1.54, 1.807) is 43.3 Å². The molecular formula is C15H17N3O3. The molecule has 6 nitrogen and oxygen atoms in total. The number of hydrogen-bond donors (Lipinski definition) is 0. The smallest absolute Gasteiger partial charge is 0.330 e. The molecule has 0 aliphatic heterocycles. The van der Waals surface area contributed by atoms with Gasteiger partial charge in [-0.3, -0.25) is 4.57 Å². The Labute approximate surface area is 123 Å². The number of esters is 1. The summed E-state index contributed by atoms with van der Waals surface area (Å²) >= 11 is 0. The maximum Gasteiger partial charge on any atom is 0.330 e. The molecule has 0 aliphatic carbocycles. The predicted octanol–water partition coefficient (Wildman–Crippen LogP) is 2.16. The summed E-state index contributed by atoms with van der Waals surface area (Å²) < 4.78 is 12.0. The van der Waals surface area contributed by atoms with Crippen molar-refractivity contribution in [2.45, 2.75) is 13.8 Å². The summed E-state index contributed by atoms with van der Waals surface area (Å²) in [5, 5.41) is 0. The first kappa shape index (κ1) is 14.8. The van der Waals surface area contributed by atoms with Crippen LogP contribution in [0.25, 0.3) is 11.9 Å². The normalized spacial score (nSPS) is 10.8. The van der Waals surface area contributed by atoms with E-state index in [0.29, 0.717) is 18.2 Å². The molecule has 0 atom stereocenters.